The van der Waals surface area contributed by atoms with Crippen LogP contribution in [0.4, 0.5) is 4.39 Å². The molecule has 0 spiro atoms. The number of esters is 1. The molecule has 0 bridgehead atoms. The summed E-state index contributed by atoms with van der Waals surface area (Å²) in [5.41, 5.74) is 3.08. The predicted octanol–water partition coefficient (Wildman–Crippen LogP) is 5.15. The minimum Gasteiger partial charge on any atom is -0.465 e. The van der Waals surface area contributed by atoms with Gasteiger partial charge in [0.2, 0.25) is 0 Å². The fraction of sp³-hybridized carbons (Fsp3) is 0.0870. The second-order valence-corrected chi connectivity index (χ2v) is 7.41. The van der Waals surface area contributed by atoms with Crippen molar-refractivity contribution in [2.45, 2.75) is 10.9 Å². The highest BCUT2D eigenvalue weighted by Crippen LogP contribution is 2.30. The molecule has 0 aliphatic carbocycles. The monoisotopic (exact) mass is 419 g/mol. The maximum absolute atomic E-state index is 13.8. The molecule has 0 unspecified atom stereocenters. The summed E-state index contributed by atoms with van der Waals surface area (Å²) in [4.78, 5) is 11.6. The Hall–Kier alpha value is -3.45. The minimum absolute atomic E-state index is 0.324. The molecule has 0 saturated carbocycles. The molecule has 0 saturated heterocycles. The number of thioether (sulfide) groups is 1. The van der Waals surface area contributed by atoms with Crippen LogP contribution in [0, 0.1) is 5.82 Å². The molecule has 0 aliphatic rings. The van der Waals surface area contributed by atoms with Crippen LogP contribution in [0.5, 0.6) is 0 Å². The molecule has 0 radical (unpaired) electrons. The summed E-state index contributed by atoms with van der Waals surface area (Å²) in [7, 11) is 1.36. The van der Waals surface area contributed by atoms with Gasteiger partial charge < -0.3 is 4.74 Å². The van der Waals surface area contributed by atoms with Crippen LogP contribution in [0.25, 0.3) is 17.1 Å². The number of hydrogen-bond donors (Lipinski definition) is 0. The van der Waals surface area contributed by atoms with Gasteiger partial charge in [-0.3, -0.25) is 4.57 Å². The average Bonchev–Trinajstić information content (AvgIpc) is 3.22. The number of aromatic nitrogens is 3. The van der Waals surface area contributed by atoms with Gasteiger partial charge in [0, 0.05) is 17.0 Å². The fourth-order valence-corrected chi connectivity index (χ4v) is 3.90. The van der Waals surface area contributed by atoms with E-state index in [0.29, 0.717) is 27.9 Å². The van der Waals surface area contributed by atoms with E-state index in [4.69, 9.17) is 4.74 Å². The summed E-state index contributed by atoms with van der Waals surface area (Å²) in [6.45, 7) is 0. The van der Waals surface area contributed by atoms with Crippen molar-refractivity contribution >= 4 is 17.7 Å². The maximum Gasteiger partial charge on any atom is 0.337 e. The van der Waals surface area contributed by atoms with Crippen LogP contribution in [-0.2, 0) is 10.5 Å². The van der Waals surface area contributed by atoms with E-state index in [0.717, 1.165) is 11.3 Å². The lowest BCUT2D eigenvalue weighted by Crippen LogP contribution is -2.01. The smallest absolute Gasteiger partial charge is 0.337 e. The van der Waals surface area contributed by atoms with Crippen molar-refractivity contribution in [3.05, 3.63) is 95.8 Å². The number of carbonyl (C=O) groups excluding carboxylic acids is 1. The van der Waals surface area contributed by atoms with Gasteiger partial charge in [0.25, 0.3) is 0 Å². The topological polar surface area (TPSA) is 57.0 Å². The molecule has 0 atom stereocenters. The quantitative estimate of drug-likeness (QED) is 0.319. The largest absolute Gasteiger partial charge is 0.465 e. The second kappa shape index (κ2) is 8.92. The molecule has 0 aliphatic heterocycles. The van der Waals surface area contributed by atoms with Gasteiger partial charge in [-0.15, -0.1) is 10.2 Å². The SMILES string of the molecule is COC(=O)c1ccc(CSc2nnc(-c3cccc(F)c3)n2-c2ccccc2)cc1. The van der Waals surface area contributed by atoms with Crippen LogP contribution in [0.3, 0.4) is 0 Å². The number of carbonyl (C=O) groups is 1. The van der Waals surface area contributed by atoms with Crippen molar-refractivity contribution in [3.63, 3.8) is 0 Å². The van der Waals surface area contributed by atoms with Crippen molar-refractivity contribution in [3.8, 4) is 17.1 Å². The predicted molar refractivity (Wildman–Crippen MR) is 114 cm³/mol. The van der Waals surface area contributed by atoms with Crippen molar-refractivity contribution in [2.75, 3.05) is 7.11 Å². The lowest BCUT2D eigenvalue weighted by molar-refractivity contribution is 0.0600. The van der Waals surface area contributed by atoms with Gasteiger partial charge in [0.1, 0.15) is 5.82 Å². The van der Waals surface area contributed by atoms with Crippen molar-refractivity contribution in [1.82, 2.24) is 14.8 Å². The first-order chi connectivity index (χ1) is 14.7. The Morgan fingerprint density at radius 2 is 1.77 bits per heavy atom. The molecule has 4 rings (SSSR count). The maximum atomic E-state index is 13.8. The number of halogens is 1. The van der Waals surface area contributed by atoms with Crippen LogP contribution >= 0.6 is 11.8 Å². The molecule has 4 aromatic rings. The van der Waals surface area contributed by atoms with E-state index in [-0.39, 0.29) is 11.8 Å². The van der Waals surface area contributed by atoms with Crippen molar-refractivity contribution in [1.29, 1.82) is 0 Å². The van der Waals surface area contributed by atoms with Gasteiger partial charge in [0.15, 0.2) is 11.0 Å². The lowest BCUT2D eigenvalue weighted by atomic mass is 10.1. The molecular weight excluding hydrogens is 401 g/mol. The summed E-state index contributed by atoms with van der Waals surface area (Å²) in [6.07, 6.45) is 0. The number of hydrogen-bond acceptors (Lipinski definition) is 5. The molecule has 30 heavy (non-hydrogen) atoms. The van der Waals surface area contributed by atoms with Crippen LogP contribution in [0.15, 0.2) is 84.0 Å². The highest BCUT2D eigenvalue weighted by atomic mass is 32.2. The molecule has 3 aromatic carbocycles. The standard InChI is InChI=1S/C23H18FN3O2S/c1-29-22(28)17-12-10-16(11-13-17)15-30-23-26-25-21(18-6-5-7-19(24)14-18)27(23)20-8-3-2-4-9-20/h2-14H,15H2,1H3. The van der Waals surface area contributed by atoms with E-state index >= 15 is 0 Å². The van der Waals surface area contributed by atoms with E-state index in [1.54, 1.807) is 18.2 Å². The molecule has 0 fully saturated rings. The third-order valence-electron chi connectivity index (χ3n) is 4.47. The highest BCUT2D eigenvalue weighted by Gasteiger charge is 2.16. The van der Waals surface area contributed by atoms with E-state index < -0.39 is 0 Å². The van der Waals surface area contributed by atoms with Crippen LogP contribution < -0.4 is 0 Å². The van der Waals surface area contributed by atoms with Crippen LogP contribution in [-0.4, -0.2) is 27.8 Å². The molecule has 0 amide bonds. The summed E-state index contributed by atoms with van der Waals surface area (Å²) in [5.74, 6) is 0.521. The van der Waals surface area contributed by atoms with Gasteiger partial charge >= 0.3 is 5.97 Å². The number of benzene rings is 3. The Morgan fingerprint density at radius 3 is 2.47 bits per heavy atom. The van der Waals surface area contributed by atoms with E-state index in [1.165, 1.54) is 31.0 Å². The normalized spacial score (nSPS) is 10.7. The second-order valence-electron chi connectivity index (χ2n) is 6.46. The molecule has 1 aromatic heterocycles. The zero-order chi connectivity index (χ0) is 20.9. The average molecular weight is 419 g/mol. The van der Waals surface area contributed by atoms with Gasteiger partial charge in [-0.05, 0) is 42.0 Å². The first kappa shape index (κ1) is 19.8. The number of para-hydroxylation sites is 1. The Kier molecular flexibility index (Phi) is 5.90. The Morgan fingerprint density at radius 1 is 1.00 bits per heavy atom. The molecule has 0 N–H and O–H groups in total. The van der Waals surface area contributed by atoms with Crippen LogP contribution in [0.2, 0.25) is 0 Å². The fourth-order valence-electron chi connectivity index (χ4n) is 2.99. The summed E-state index contributed by atoms with van der Waals surface area (Å²) in [6, 6.07) is 23.3. The summed E-state index contributed by atoms with van der Waals surface area (Å²) in [5, 5.41) is 9.37. The van der Waals surface area contributed by atoms with Gasteiger partial charge in [0.05, 0.1) is 12.7 Å². The van der Waals surface area contributed by atoms with Crippen molar-refractivity contribution in [2.24, 2.45) is 0 Å². The van der Waals surface area contributed by atoms with Gasteiger partial charge in [-0.1, -0.05) is 54.2 Å². The van der Waals surface area contributed by atoms with Gasteiger partial charge in [-0.25, -0.2) is 9.18 Å². The van der Waals surface area contributed by atoms with E-state index in [1.807, 2.05) is 53.1 Å². The number of ether oxygens (including phenoxy) is 1. The molecular formula is C23H18FN3O2S. The van der Waals surface area contributed by atoms with E-state index in [2.05, 4.69) is 10.2 Å². The highest BCUT2D eigenvalue weighted by molar-refractivity contribution is 7.98. The first-order valence-corrected chi connectivity index (χ1v) is 10.2. The molecule has 1 heterocycles. The molecule has 5 nitrogen and oxygen atoms in total. The third kappa shape index (κ3) is 4.26. The summed E-state index contributed by atoms with van der Waals surface area (Å²) >= 11 is 1.51. The Bertz CT molecular complexity index is 1160. The van der Waals surface area contributed by atoms with E-state index in [9.17, 15) is 9.18 Å². The Labute approximate surface area is 177 Å². The molecule has 150 valence electrons. The zero-order valence-corrected chi connectivity index (χ0v) is 17.0. The number of methoxy groups -OCH3 is 1. The zero-order valence-electron chi connectivity index (χ0n) is 16.2. The Balaban J connectivity index is 1.64. The third-order valence-corrected chi connectivity index (χ3v) is 5.47. The lowest BCUT2D eigenvalue weighted by Gasteiger charge is -2.10. The summed E-state index contributed by atoms with van der Waals surface area (Å²) < 4.78 is 20.4. The first-order valence-electron chi connectivity index (χ1n) is 9.22. The van der Waals surface area contributed by atoms with Gasteiger partial charge in [-0.2, -0.15) is 0 Å². The minimum atomic E-state index is -0.363. The van der Waals surface area contributed by atoms with Crippen LogP contribution in [0.1, 0.15) is 15.9 Å². The van der Waals surface area contributed by atoms with Crippen molar-refractivity contribution < 1.29 is 13.9 Å². The number of nitrogens with zero attached hydrogens (tertiary/aromatic N) is 3. The molecule has 7 heteroatoms. The number of rotatable bonds is 6.